The van der Waals surface area contributed by atoms with Gasteiger partial charge in [-0.2, -0.15) is 0 Å². The number of fused-ring (bicyclic) bond motifs is 1. The number of benzene rings is 2. The summed E-state index contributed by atoms with van der Waals surface area (Å²) >= 11 is 7.53. The highest BCUT2D eigenvalue weighted by Crippen LogP contribution is 2.45. The maximum Gasteiger partial charge on any atom is 0.246 e. The zero-order valence-electron chi connectivity index (χ0n) is 15.6. The Balaban J connectivity index is 1.41. The number of anilines is 2. The van der Waals surface area contributed by atoms with Crippen LogP contribution in [0.3, 0.4) is 0 Å². The average molecular weight is 434 g/mol. The molecule has 4 aromatic rings. The van der Waals surface area contributed by atoms with Crippen LogP contribution in [0.1, 0.15) is 0 Å². The summed E-state index contributed by atoms with van der Waals surface area (Å²) in [4.78, 5) is 16.1. The lowest BCUT2D eigenvalue weighted by atomic mass is 10.2. The van der Waals surface area contributed by atoms with Crippen LogP contribution in [0.5, 0.6) is 11.6 Å². The van der Waals surface area contributed by atoms with Crippen LogP contribution >= 0.6 is 23.4 Å². The highest BCUT2D eigenvalue weighted by Gasteiger charge is 2.28. The van der Waals surface area contributed by atoms with E-state index in [-0.39, 0.29) is 5.50 Å². The van der Waals surface area contributed by atoms with Crippen molar-refractivity contribution in [1.29, 1.82) is 0 Å². The number of hydrogen-bond acceptors (Lipinski definition) is 7. The van der Waals surface area contributed by atoms with Gasteiger partial charge in [-0.05, 0) is 48.5 Å². The lowest BCUT2D eigenvalue weighted by molar-refractivity contribution is 0.462. The number of hydrogen-bond donors (Lipinski definition) is 1. The Labute approximate surface area is 182 Å². The Kier molecular flexibility index (Phi) is 5.00. The second-order valence-corrected chi connectivity index (χ2v) is 8.07. The van der Waals surface area contributed by atoms with Crippen LogP contribution in [0.25, 0.3) is 11.3 Å². The average Bonchev–Trinajstić information content (AvgIpc) is 3.11. The quantitative estimate of drug-likeness (QED) is 0.427. The molecule has 1 aliphatic heterocycles. The molecule has 30 heavy (non-hydrogen) atoms. The maximum absolute atomic E-state index is 6.34. The number of pyridine rings is 1. The molecule has 0 aliphatic carbocycles. The Morgan fingerprint density at radius 2 is 1.73 bits per heavy atom. The van der Waals surface area contributed by atoms with E-state index in [1.165, 1.54) is 4.90 Å². The summed E-state index contributed by atoms with van der Waals surface area (Å²) in [5, 5.41) is 0.417. The third-order valence-corrected chi connectivity index (χ3v) is 5.90. The van der Waals surface area contributed by atoms with Crippen LogP contribution in [0.2, 0.25) is 5.15 Å². The van der Waals surface area contributed by atoms with Gasteiger partial charge in [0.25, 0.3) is 0 Å². The van der Waals surface area contributed by atoms with E-state index in [1.54, 1.807) is 36.4 Å². The van der Waals surface area contributed by atoms with Gasteiger partial charge in [-0.25, -0.2) is 15.0 Å². The van der Waals surface area contributed by atoms with Crippen molar-refractivity contribution in [3.63, 3.8) is 0 Å². The van der Waals surface area contributed by atoms with Crippen molar-refractivity contribution < 1.29 is 4.74 Å². The Bertz CT molecular complexity index is 1190. The lowest BCUT2D eigenvalue weighted by Gasteiger charge is -2.23. The molecule has 3 heterocycles. The minimum Gasteiger partial charge on any atom is -0.437 e. The van der Waals surface area contributed by atoms with Gasteiger partial charge in [-0.15, -0.1) is 0 Å². The van der Waals surface area contributed by atoms with Crippen LogP contribution in [0.15, 0.2) is 84.1 Å². The Morgan fingerprint density at radius 3 is 2.53 bits per heavy atom. The van der Waals surface area contributed by atoms with Crippen LogP contribution in [-0.4, -0.2) is 20.4 Å². The molecule has 0 fully saturated rings. The third kappa shape index (κ3) is 3.59. The van der Waals surface area contributed by atoms with Gasteiger partial charge in [0, 0.05) is 34.7 Å². The van der Waals surface area contributed by atoms with Gasteiger partial charge < -0.3 is 15.4 Å². The molecule has 2 N–H and O–H groups in total. The second kappa shape index (κ2) is 7.95. The Hall–Kier alpha value is -3.13. The van der Waals surface area contributed by atoms with Gasteiger partial charge >= 0.3 is 0 Å². The van der Waals surface area contributed by atoms with E-state index in [2.05, 4.69) is 32.0 Å². The molecule has 5 rings (SSSR count). The molecule has 1 unspecified atom stereocenters. The molecule has 0 bridgehead atoms. The molecule has 1 aliphatic rings. The first kappa shape index (κ1) is 18.9. The SMILES string of the molecule is NC1Sc2ccccc2N1c1ccc(Oc2nccnc2-c2ccc(Cl)nc2)cc1. The van der Waals surface area contributed by atoms with Crippen molar-refractivity contribution in [3.8, 4) is 22.9 Å². The van der Waals surface area contributed by atoms with Gasteiger partial charge in [0.05, 0.1) is 5.69 Å². The fourth-order valence-corrected chi connectivity index (χ4v) is 4.42. The molecule has 8 heteroatoms. The highest BCUT2D eigenvalue weighted by molar-refractivity contribution is 8.00. The lowest BCUT2D eigenvalue weighted by Crippen LogP contribution is -2.31. The first-order valence-corrected chi connectivity index (χ1v) is 10.5. The standard InChI is InChI=1S/C22H16ClN5OS/c23-19-10-5-14(13-27-19)20-21(26-12-11-25-20)29-16-8-6-15(7-9-16)28-17-3-1-2-4-18(17)30-22(28)24/h1-13,22H,24H2. The van der Waals surface area contributed by atoms with E-state index >= 15 is 0 Å². The number of ether oxygens (including phenoxy) is 1. The summed E-state index contributed by atoms with van der Waals surface area (Å²) in [6.07, 6.45) is 4.85. The molecule has 0 saturated heterocycles. The van der Waals surface area contributed by atoms with Crippen LogP contribution in [0.4, 0.5) is 11.4 Å². The largest absolute Gasteiger partial charge is 0.437 e. The topological polar surface area (TPSA) is 77.2 Å². The van der Waals surface area contributed by atoms with Gasteiger partial charge in [-0.1, -0.05) is 35.5 Å². The zero-order chi connectivity index (χ0) is 20.5. The van der Waals surface area contributed by atoms with Gasteiger partial charge in [0.15, 0.2) is 0 Å². The van der Waals surface area contributed by atoms with Crippen LogP contribution in [0, 0.1) is 0 Å². The van der Waals surface area contributed by atoms with Crippen molar-refractivity contribution in [2.75, 3.05) is 4.90 Å². The summed E-state index contributed by atoms with van der Waals surface area (Å²) in [6.45, 7) is 0. The third-order valence-electron chi connectivity index (χ3n) is 4.62. The second-order valence-electron chi connectivity index (χ2n) is 6.52. The molecular weight excluding hydrogens is 418 g/mol. The minimum atomic E-state index is -0.168. The van der Waals surface area contributed by atoms with E-state index < -0.39 is 0 Å². The minimum absolute atomic E-state index is 0.168. The van der Waals surface area contributed by atoms with Gasteiger partial charge in [-0.3, -0.25) is 0 Å². The number of aromatic nitrogens is 3. The monoisotopic (exact) mass is 433 g/mol. The smallest absolute Gasteiger partial charge is 0.246 e. The van der Waals surface area contributed by atoms with E-state index in [9.17, 15) is 0 Å². The van der Waals surface area contributed by atoms with Crippen molar-refractivity contribution in [2.24, 2.45) is 5.73 Å². The molecule has 0 saturated carbocycles. The summed E-state index contributed by atoms with van der Waals surface area (Å²) in [6, 6.07) is 19.5. The molecule has 0 radical (unpaired) electrons. The van der Waals surface area contributed by atoms with Gasteiger partial charge in [0.2, 0.25) is 5.88 Å². The number of para-hydroxylation sites is 1. The van der Waals surface area contributed by atoms with Crippen molar-refractivity contribution in [2.45, 2.75) is 10.4 Å². The summed E-state index contributed by atoms with van der Waals surface area (Å²) < 4.78 is 6.02. The molecule has 2 aromatic heterocycles. The van der Waals surface area contributed by atoms with Crippen LogP contribution < -0.4 is 15.4 Å². The van der Waals surface area contributed by atoms with E-state index in [0.29, 0.717) is 22.5 Å². The highest BCUT2D eigenvalue weighted by atomic mass is 35.5. The van der Waals surface area contributed by atoms with Crippen LogP contribution in [-0.2, 0) is 0 Å². The van der Waals surface area contributed by atoms with E-state index in [1.807, 2.05) is 42.5 Å². The fraction of sp³-hybridized carbons (Fsp3) is 0.0455. The first-order chi connectivity index (χ1) is 14.7. The molecule has 148 valence electrons. The number of nitrogens with zero attached hydrogens (tertiary/aromatic N) is 4. The predicted octanol–water partition coefficient (Wildman–Crippen LogP) is 5.47. The molecule has 0 spiro atoms. The number of thioether (sulfide) groups is 1. The summed E-state index contributed by atoms with van der Waals surface area (Å²) in [7, 11) is 0. The molecular formula is C22H16ClN5OS. The van der Waals surface area contributed by atoms with Crippen molar-refractivity contribution in [3.05, 3.63) is 84.4 Å². The maximum atomic E-state index is 6.34. The zero-order valence-corrected chi connectivity index (χ0v) is 17.2. The molecule has 2 aromatic carbocycles. The van der Waals surface area contributed by atoms with E-state index in [0.717, 1.165) is 16.9 Å². The molecule has 1 atom stereocenters. The van der Waals surface area contributed by atoms with Crippen molar-refractivity contribution in [1.82, 2.24) is 15.0 Å². The number of nitrogens with two attached hydrogens (primary N) is 1. The number of rotatable bonds is 4. The first-order valence-electron chi connectivity index (χ1n) is 9.20. The number of halogens is 1. The van der Waals surface area contributed by atoms with Crippen molar-refractivity contribution >= 4 is 34.7 Å². The molecule has 0 amide bonds. The fourth-order valence-electron chi connectivity index (χ4n) is 3.26. The van der Waals surface area contributed by atoms with Gasteiger partial charge in [0.1, 0.15) is 22.1 Å². The predicted molar refractivity (Wildman–Crippen MR) is 119 cm³/mol. The molecule has 6 nitrogen and oxygen atoms in total. The summed E-state index contributed by atoms with van der Waals surface area (Å²) in [5.41, 5.74) is 9.64. The summed E-state index contributed by atoms with van der Waals surface area (Å²) in [5.74, 6) is 1.05. The normalized spacial score (nSPS) is 15.1. The Morgan fingerprint density at radius 1 is 0.933 bits per heavy atom. The van der Waals surface area contributed by atoms with E-state index in [4.69, 9.17) is 22.1 Å².